The summed E-state index contributed by atoms with van der Waals surface area (Å²) >= 11 is 0. The molecule has 0 saturated heterocycles. The number of hydrogen-bond acceptors (Lipinski definition) is 2. The van der Waals surface area contributed by atoms with Crippen LogP contribution in [0.5, 0.6) is 0 Å². The molecule has 0 aliphatic rings. The zero-order valence-electron chi connectivity index (χ0n) is 7.51. The maximum atomic E-state index is 11.1. The van der Waals surface area contributed by atoms with Gasteiger partial charge in [-0.1, -0.05) is 37.3 Å². The van der Waals surface area contributed by atoms with Crippen LogP contribution < -0.4 is 0 Å². The van der Waals surface area contributed by atoms with E-state index in [9.17, 15) is 4.57 Å². The van der Waals surface area contributed by atoms with Gasteiger partial charge in [-0.15, -0.1) is 0 Å². The third-order valence-electron chi connectivity index (χ3n) is 1.68. The highest BCUT2D eigenvalue weighted by atomic mass is 31.2. The molecule has 72 valence electrons. The molecule has 13 heavy (non-hydrogen) atoms. The zero-order valence-corrected chi connectivity index (χ0v) is 8.41. The molecule has 3 nitrogen and oxygen atoms in total. The first-order valence-corrected chi connectivity index (χ1v) is 5.90. The summed E-state index contributed by atoms with van der Waals surface area (Å²) in [5.74, 6) is 0. The van der Waals surface area contributed by atoms with Crippen molar-refractivity contribution in [3.05, 3.63) is 35.9 Å². The smallest absolute Gasteiger partial charge is 0.324 e. The topological polar surface area (TPSA) is 46.5 Å². The van der Waals surface area contributed by atoms with Crippen LogP contribution in [0.2, 0.25) is 0 Å². The minimum absolute atomic E-state index is 0.153. The highest BCUT2D eigenvalue weighted by Gasteiger charge is 2.14. The molecule has 0 radical (unpaired) electrons. The Morgan fingerprint density at radius 3 is 2.54 bits per heavy atom. The van der Waals surface area contributed by atoms with E-state index in [-0.39, 0.29) is 12.8 Å². The van der Waals surface area contributed by atoms with E-state index >= 15 is 0 Å². The molecule has 0 bridgehead atoms. The molecule has 0 saturated carbocycles. The van der Waals surface area contributed by atoms with Crippen LogP contribution in [0.1, 0.15) is 12.5 Å². The van der Waals surface area contributed by atoms with Crippen LogP contribution in [0.3, 0.4) is 0 Å². The van der Waals surface area contributed by atoms with Crippen LogP contribution in [0, 0.1) is 0 Å². The molecular formula is C9H13O3P. The van der Waals surface area contributed by atoms with Crippen LogP contribution in [-0.2, 0) is 15.7 Å². The molecule has 1 N–H and O–H groups in total. The van der Waals surface area contributed by atoms with Gasteiger partial charge in [-0.05, 0) is 5.56 Å². The molecule has 1 aromatic carbocycles. The van der Waals surface area contributed by atoms with Crippen molar-refractivity contribution in [2.24, 2.45) is 0 Å². The molecule has 0 heterocycles. The molecule has 0 aromatic heterocycles. The number of hydrogen-bond donors (Lipinski definition) is 1. The van der Waals surface area contributed by atoms with E-state index in [4.69, 9.17) is 9.42 Å². The Bertz CT molecular complexity index is 297. The van der Waals surface area contributed by atoms with Gasteiger partial charge in [0.05, 0.1) is 6.61 Å². The van der Waals surface area contributed by atoms with Gasteiger partial charge in [0.25, 0.3) is 0 Å². The summed E-state index contributed by atoms with van der Waals surface area (Å²) in [4.78, 5) is 9.12. The van der Waals surface area contributed by atoms with Crippen LogP contribution >= 0.6 is 7.60 Å². The monoisotopic (exact) mass is 200 g/mol. The predicted molar refractivity (Wildman–Crippen MR) is 51.6 cm³/mol. The molecule has 1 unspecified atom stereocenters. The largest absolute Gasteiger partial charge is 0.328 e. The highest BCUT2D eigenvalue weighted by Crippen LogP contribution is 2.41. The van der Waals surface area contributed by atoms with Gasteiger partial charge in [-0.2, -0.15) is 0 Å². The minimum atomic E-state index is -3.34. The molecule has 1 aromatic rings. The van der Waals surface area contributed by atoms with Crippen molar-refractivity contribution in [3.8, 4) is 0 Å². The summed E-state index contributed by atoms with van der Waals surface area (Å²) in [5, 5.41) is 0. The summed E-state index contributed by atoms with van der Waals surface area (Å²) in [6, 6.07) is 9.34. The lowest BCUT2D eigenvalue weighted by Gasteiger charge is -2.09. The van der Waals surface area contributed by atoms with E-state index < -0.39 is 7.60 Å². The maximum Gasteiger partial charge on any atom is 0.328 e. The first kappa shape index (κ1) is 10.5. The van der Waals surface area contributed by atoms with E-state index in [1.165, 1.54) is 0 Å². The van der Waals surface area contributed by atoms with Gasteiger partial charge >= 0.3 is 7.60 Å². The van der Waals surface area contributed by atoms with Crippen LogP contribution in [0.4, 0.5) is 0 Å². The van der Waals surface area contributed by atoms with Crippen LogP contribution in [-0.4, -0.2) is 11.1 Å². The Hall–Kier alpha value is -0.630. The third-order valence-corrected chi connectivity index (χ3v) is 3.01. The Balaban J connectivity index is 2.49. The molecule has 0 aliphatic carbocycles. The normalized spacial score (nSPS) is 15.2. The molecule has 0 spiro atoms. The molecule has 1 rings (SSSR count). The summed E-state index contributed by atoms with van der Waals surface area (Å²) < 4.78 is 16.0. The summed E-state index contributed by atoms with van der Waals surface area (Å²) in [6.45, 7) is 1.83. The van der Waals surface area contributed by atoms with Crippen molar-refractivity contribution in [1.29, 1.82) is 0 Å². The van der Waals surface area contributed by atoms with Crippen molar-refractivity contribution in [1.82, 2.24) is 0 Å². The Morgan fingerprint density at radius 2 is 2.00 bits per heavy atom. The van der Waals surface area contributed by atoms with Crippen molar-refractivity contribution >= 4 is 7.60 Å². The lowest BCUT2D eigenvalue weighted by molar-refractivity contribution is 0.251. The van der Waals surface area contributed by atoms with E-state index in [2.05, 4.69) is 0 Å². The van der Waals surface area contributed by atoms with Crippen molar-refractivity contribution in [2.45, 2.75) is 13.5 Å². The van der Waals surface area contributed by atoms with E-state index in [0.29, 0.717) is 0 Å². The maximum absolute atomic E-state index is 11.1. The SMILES string of the molecule is CCP(=O)(O)OCc1ccccc1. The quantitative estimate of drug-likeness (QED) is 0.759. The van der Waals surface area contributed by atoms with Crippen LogP contribution in [0.15, 0.2) is 30.3 Å². The Kier molecular flexibility index (Phi) is 3.67. The average molecular weight is 200 g/mol. The summed E-state index contributed by atoms with van der Waals surface area (Å²) in [7, 11) is -3.34. The molecule has 0 fully saturated rings. The number of rotatable bonds is 4. The fourth-order valence-corrected chi connectivity index (χ4v) is 1.37. The van der Waals surface area contributed by atoms with Gasteiger partial charge in [0.1, 0.15) is 0 Å². The zero-order chi connectivity index (χ0) is 9.73. The molecule has 0 aliphatic heterocycles. The minimum Gasteiger partial charge on any atom is -0.324 e. The highest BCUT2D eigenvalue weighted by molar-refractivity contribution is 7.52. The Morgan fingerprint density at radius 1 is 1.38 bits per heavy atom. The van der Waals surface area contributed by atoms with Crippen LogP contribution in [0.25, 0.3) is 0 Å². The lowest BCUT2D eigenvalue weighted by atomic mass is 10.2. The molecule has 1 atom stereocenters. The standard InChI is InChI=1S/C9H13O3P/c1-2-13(10,11)12-8-9-6-4-3-5-7-9/h3-7H,2,8H2,1H3,(H,10,11). The fourth-order valence-electron chi connectivity index (χ4n) is 0.841. The van der Waals surface area contributed by atoms with Crippen molar-refractivity contribution in [3.63, 3.8) is 0 Å². The fraction of sp³-hybridized carbons (Fsp3) is 0.333. The molecule has 4 heteroatoms. The second kappa shape index (κ2) is 4.56. The van der Waals surface area contributed by atoms with E-state index in [1.807, 2.05) is 30.3 Å². The second-order valence-corrected chi connectivity index (χ2v) is 4.88. The van der Waals surface area contributed by atoms with Crippen molar-refractivity contribution in [2.75, 3.05) is 6.16 Å². The van der Waals surface area contributed by atoms with Gasteiger partial charge in [-0.3, -0.25) is 4.57 Å². The van der Waals surface area contributed by atoms with Gasteiger partial charge in [0.2, 0.25) is 0 Å². The Labute approximate surface area is 77.9 Å². The molecule has 0 amide bonds. The summed E-state index contributed by atoms with van der Waals surface area (Å²) in [6.07, 6.45) is 0.153. The van der Waals surface area contributed by atoms with Gasteiger partial charge in [0.15, 0.2) is 0 Å². The predicted octanol–water partition coefficient (Wildman–Crippen LogP) is 2.41. The molecular weight excluding hydrogens is 187 g/mol. The summed E-state index contributed by atoms with van der Waals surface area (Å²) in [5.41, 5.74) is 0.908. The van der Waals surface area contributed by atoms with E-state index in [0.717, 1.165) is 5.56 Å². The lowest BCUT2D eigenvalue weighted by Crippen LogP contribution is -1.92. The van der Waals surface area contributed by atoms with Gasteiger partial charge < -0.3 is 9.42 Å². The third kappa shape index (κ3) is 3.73. The first-order valence-electron chi connectivity index (χ1n) is 4.14. The average Bonchev–Trinajstić information content (AvgIpc) is 2.17. The van der Waals surface area contributed by atoms with Gasteiger partial charge in [-0.25, -0.2) is 0 Å². The van der Waals surface area contributed by atoms with E-state index in [1.54, 1.807) is 6.92 Å². The van der Waals surface area contributed by atoms with Crippen molar-refractivity contribution < 1.29 is 14.0 Å². The first-order chi connectivity index (χ1) is 6.14. The van der Waals surface area contributed by atoms with Gasteiger partial charge in [0, 0.05) is 6.16 Å². The second-order valence-electron chi connectivity index (χ2n) is 2.71. The number of benzene rings is 1.